The van der Waals surface area contributed by atoms with Gasteiger partial charge in [0.15, 0.2) is 0 Å². The van der Waals surface area contributed by atoms with E-state index < -0.39 is 0 Å². The van der Waals surface area contributed by atoms with Crippen LogP contribution in [0.2, 0.25) is 5.02 Å². The van der Waals surface area contributed by atoms with E-state index in [0.29, 0.717) is 36.6 Å². The second kappa shape index (κ2) is 7.20. The highest BCUT2D eigenvalue weighted by atomic mass is 35.5. The van der Waals surface area contributed by atoms with E-state index in [-0.39, 0.29) is 17.8 Å². The van der Waals surface area contributed by atoms with Gasteiger partial charge in [0.1, 0.15) is 5.82 Å². The lowest BCUT2D eigenvalue weighted by molar-refractivity contribution is -0.133. The molecule has 6 heteroatoms. The monoisotopic (exact) mass is 313 g/mol. The summed E-state index contributed by atoms with van der Waals surface area (Å²) in [6.45, 7) is 5.04. The zero-order valence-corrected chi connectivity index (χ0v) is 12.9. The largest absolute Gasteiger partial charge is 0.340 e. The van der Waals surface area contributed by atoms with Gasteiger partial charge in [-0.3, -0.25) is 9.69 Å². The maximum absolute atomic E-state index is 13.8. The summed E-state index contributed by atoms with van der Waals surface area (Å²) in [5, 5.41) is 0.450. The van der Waals surface area contributed by atoms with Gasteiger partial charge in [0.2, 0.25) is 5.91 Å². The molecule has 1 aliphatic heterocycles. The number of nitrogens with zero attached hydrogens (tertiary/aromatic N) is 2. The highest BCUT2D eigenvalue weighted by molar-refractivity contribution is 6.31. The standard InChI is InChI=1S/C15H21ClFN3O/c1-11(18)9-15(21)20-7-5-19(6-8-20)10-12-13(16)3-2-4-14(12)17/h2-4,11H,5-10,18H2,1H3. The lowest BCUT2D eigenvalue weighted by Crippen LogP contribution is -2.49. The van der Waals surface area contributed by atoms with Gasteiger partial charge in [-0.1, -0.05) is 17.7 Å². The van der Waals surface area contributed by atoms with E-state index in [0.717, 1.165) is 13.1 Å². The molecule has 1 heterocycles. The van der Waals surface area contributed by atoms with Crippen molar-refractivity contribution in [3.8, 4) is 0 Å². The predicted molar refractivity (Wildman–Crippen MR) is 81.5 cm³/mol. The summed E-state index contributed by atoms with van der Waals surface area (Å²) in [5.74, 6) is -0.188. The van der Waals surface area contributed by atoms with Crippen molar-refractivity contribution >= 4 is 17.5 Å². The van der Waals surface area contributed by atoms with Crippen molar-refractivity contribution in [2.45, 2.75) is 25.9 Å². The van der Waals surface area contributed by atoms with Crippen molar-refractivity contribution in [1.29, 1.82) is 0 Å². The number of nitrogens with two attached hydrogens (primary N) is 1. The molecular weight excluding hydrogens is 293 g/mol. The van der Waals surface area contributed by atoms with Crippen molar-refractivity contribution in [2.24, 2.45) is 5.73 Å². The first-order chi connectivity index (χ1) is 9.97. The van der Waals surface area contributed by atoms with Crippen LogP contribution in [0.25, 0.3) is 0 Å². The molecule has 1 aromatic rings. The van der Waals surface area contributed by atoms with Crippen LogP contribution in [0.3, 0.4) is 0 Å². The van der Waals surface area contributed by atoms with Crippen LogP contribution < -0.4 is 5.73 Å². The minimum absolute atomic E-state index is 0.0913. The maximum atomic E-state index is 13.8. The minimum Gasteiger partial charge on any atom is -0.340 e. The summed E-state index contributed by atoms with van der Waals surface area (Å²) in [6, 6.07) is 4.60. The molecule has 0 aliphatic carbocycles. The topological polar surface area (TPSA) is 49.6 Å². The average molecular weight is 314 g/mol. The van der Waals surface area contributed by atoms with E-state index >= 15 is 0 Å². The molecule has 4 nitrogen and oxygen atoms in total. The molecule has 1 amide bonds. The average Bonchev–Trinajstić information content (AvgIpc) is 2.43. The Morgan fingerprint density at radius 3 is 2.62 bits per heavy atom. The van der Waals surface area contributed by atoms with E-state index in [1.54, 1.807) is 12.1 Å². The number of halogens is 2. The van der Waals surface area contributed by atoms with Gasteiger partial charge in [0, 0.05) is 55.8 Å². The third-order valence-corrected chi connectivity index (χ3v) is 4.02. The summed E-state index contributed by atoms with van der Waals surface area (Å²) in [7, 11) is 0. The second-order valence-electron chi connectivity index (χ2n) is 5.54. The molecule has 0 spiro atoms. The van der Waals surface area contributed by atoms with Crippen LogP contribution in [-0.2, 0) is 11.3 Å². The van der Waals surface area contributed by atoms with Crippen molar-refractivity contribution in [2.75, 3.05) is 26.2 Å². The van der Waals surface area contributed by atoms with Gasteiger partial charge in [-0.05, 0) is 19.1 Å². The van der Waals surface area contributed by atoms with E-state index in [2.05, 4.69) is 4.90 Å². The Labute approximate surface area is 129 Å². The van der Waals surface area contributed by atoms with Gasteiger partial charge in [-0.25, -0.2) is 4.39 Å². The zero-order chi connectivity index (χ0) is 15.4. The molecular formula is C15H21ClFN3O. The number of hydrogen-bond donors (Lipinski definition) is 1. The van der Waals surface area contributed by atoms with E-state index in [4.69, 9.17) is 17.3 Å². The lowest BCUT2D eigenvalue weighted by Gasteiger charge is -2.35. The molecule has 1 atom stereocenters. The van der Waals surface area contributed by atoms with Gasteiger partial charge < -0.3 is 10.6 Å². The van der Waals surface area contributed by atoms with Gasteiger partial charge in [-0.2, -0.15) is 0 Å². The zero-order valence-electron chi connectivity index (χ0n) is 12.2. The molecule has 2 N–H and O–H groups in total. The Hall–Kier alpha value is -1.17. The number of carbonyl (C=O) groups excluding carboxylic acids is 1. The number of hydrogen-bond acceptors (Lipinski definition) is 3. The normalized spacial score (nSPS) is 17.8. The second-order valence-corrected chi connectivity index (χ2v) is 5.95. The van der Waals surface area contributed by atoms with Crippen molar-refractivity contribution in [1.82, 2.24) is 9.80 Å². The molecule has 1 fully saturated rings. The summed E-state index contributed by atoms with van der Waals surface area (Å²) in [6.07, 6.45) is 0.374. The van der Waals surface area contributed by atoms with Crippen molar-refractivity contribution in [3.05, 3.63) is 34.6 Å². The van der Waals surface area contributed by atoms with Crippen LogP contribution in [0.1, 0.15) is 18.9 Å². The molecule has 1 aliphatic rings. The summed E-state index contributed by atoms with van der Waals surface area (Å²) >= 11 is 6.04. The number of carbonyl (C=O) groups is 1. The van der Waals surface area contributed by atoms with E-state index in [1.807, 2.05) is 11.8 Å². The number of amides is 1. The molecule has 0 bridgehead atoms. The Morgan fingerprint density at radius 2 is 2.05 bits per heavy atom. The first-order valence-corrected chi connectivity index (χ1v) is 7.53. The summed E-state index contributed by atoms with van der Waals surface area (Å²) in [4.78, 5) is 15.9. The van der Waals surface area contributed by atoms with Crippen LogP contribution in [0, 0.1) is 5.82 Å². The Bertz CT molecular complexity index is 481. The van der Waals surface area contributed by atoms with E-state index in [1.165, 1.54) is 6.07 Å². The summed E-state index contributed by atoms with van der Waals surface area (Å²) < 4.78 is 13.8. The lowest BCUT2D eigenvalue weighted by atomic mass is 10.1. The quantitative estimate of drug-likeness (QED) is 0.923. The molecule has 1 aromatic carbocycles. The van der Waals surface area contributed by atoms with Crippen LogP contribution in [0.15, 0.2) is 18.2 Å². The Balaban J connectivity index is 1.88. The first kappa shape index (κ1) is 16.2. The van der Waals surface area contributed by atoms with Crippen molar-refractivity contribution < 1.29 is 9.18 Å². The highest BCUT2D eigenvalue weighted by Crippen LogP contribution is 2.21. The minimum atomic E-state index is -0.280. The van der Waals surface area contributed by atoms with Crippen LogP contribution >= 0.6 is 11.6 Å². The van der Waals surface area contributed by atoms with Crippen LogP contribution in [-0.4, -0.2) is 47.9 Å². The molecule has 2 rings (SSSR count). The Kier molecular flexibility index (Phi) is 5.56. The third kappa shape index (κ3) is 4.40. The SMILES string of the molecule is CC(N)CC(=O)N1CCN(Cc2c(F)cccc2Cl)CC1. The summed E-state index contributed by atoms with van der Waals surface area (Å²) in [5.41, 5.74) is 6.17. The van der Waals surface area contributed by atoms with E-state index in [9.17, 15) is 9.18 Å². The van der Waals surface area contributed by atoms with Gasteiger partial charge >= 0.3 is 0 Å². The fraction of sp³-hybridized carbons (Fsp3) is 0.533. The molecule has 1 unspecified atom stereocenters. The van der Waals surface area contributed by atoms with Gasteiger partial charge in [0.05, 0.1) is 0 Å². The highest BCUT2D eigenvalue weighted by Gasteiger charge is 2.22. The number of rotatable bonds is 4. The molecule has 1 saturated heterocycles. The maximum Gasteiger partial charge on any atom is 0.224 e. The molecule has 0 saturated carbocycles. The van der Waals surface area contributed by atoms with Crippen molar-refractivity contribution in [3.63, 3.8) is 0 Å². The molecule has 0 radical (unpaired) electrons. The molecule has 0 aromatic heterocycles. The molecule has 116 valence electrons. The fourth-order valence-electron chi connectivity index (χ4n) is 2.47. The fourth-order valence-corrected chi connectivity index (χ4v) is 2.69. The molecule has 21 heavy (non-hydrogen) atoms. The third-order valence-electron chi connectivity index (χ3n) is 3.67. The van der Waals surface area contributed by atoms with Crippen LogP contribution in [0.5, 0.6) is 0 Å². The number of piperazine rings is 1. The smallest absolute Gasteiger partial charge is 0.224 e. The van der Waals surface area contributed by atoms with Crippen LogP contribution in [0.4, 0.5) is 4.39 Å². The first-order valence-electron chi connectivity index (χ1n) is 7.16. The Morgan fingerprint density at radius 1 is 1.38 bits per heavy atom. The van der Waals surface area contributed by atoms with Gasteiger partial charge in [-0.15, -0.1) is 0 Å². The predicted octanol–water partition coefficient (Wildman–Crippen LogP) is 1.86. The van der Waals surface area contributed by atoms with Gasteiger partial charge in [0.25, 0.3) is 0 Å². The number of benzene rings is 1.